The van der Waals surface area contributed by atoms with E-state index in [0.29, 0.717) is 5.92 Å². The van der Waals surface area contributed by atoms with E-state index in [9.17, 15) is 0 Å². The Bertz CT molecular complexity index is 391. The molecule has 0 aliphatic rings. The molecule has 0 saturated heterocycles. The highest BCUT2D eigenvalue weighted by Crippen LogP contribution is 2.09. The van der Waals surface area contributed by atoms with Gasteiger partial charge in [0.2, 0.25) is 0 Å². The Morgan fingerprint density at radius 2 is 2.17 bits per heavy atom. The molecule has 2 aromatic rings. The Balaban J connectivity index is 2.60. The topological polar surface area (TPSA) is 43.1 Å². The molecule has 2 heterocycles. The first-order chi connectivity index (χ1) is 5.77. The monoisotopic (exact) mass is 162 g/mol. The van der Waals surface area contributed by atoms with E-state index in [1.807, 2.05) is 12.3 Å². The van der Waals surface area contributed by atoms with Crippen molar-refractivity contribution in [2.45, 2.75) is 19.8 Å². The lowest BCUT2D eigenvalue weighted by atomic mass is 10.2. The lowest BCUT2D eigenvalue weighted by Crippen LogP contribution is -2.00. The van der Waals surface area contributed by atoms with Crippen molar-refractivity contribution >= 4 is 5.65 Å². The largest absolute Gasteiger partial charge is 0.219 e. The molecule has 0 fully saturated rings. The van der Waals surface area contributed by atoms with Crippen molar-refractivity contribution in [1.82, 2.24) is 19.8 Å². The zero-order chi connectivity index (χ0) is 8.55. The highest BCUT2D eigenvalue weighted by atomic mass is 15.3. The van der Waals surface area contributed by atoms with Crippen LogP contribution < -0.4 is 0 Å². The Labute approximate surface area is 70.2 Å². The average molecular weight is 162 g/mol. The van der Waals surface area contributed by atoms with E-state index in [1.165, 1.54) is 0 Å². The Morgan fingerprint density at radius 3 is 2.92 bits per heavy atom. The fourth-order valence-electron chi connectivity index (χ4n) is 1.01. The van der Waals surface area contributed by atoms with Gasteiger partial charge in [-0.25, -0.2) is 4.52 Å². The third-order valence-corrected chi connectivity index (χ3v) is 1.76. The molecule has 0 N–H and O–H groups in total. The SMILES string of the molecule is CC(C)c1cn2nccc2nn1. The second kappa shape index (κ2) is 2.55. The van der Waals surface area contributed by atoms with Gasteiger partial charge in [0.1, 0.15) is 0 Å². The van der Waals surface area contributed by atoms with Crippen LogP contribution in [-0.4, -0.2) is 19.8 Å². The van der Waals surface area contributed by atoms with Crippen molar-refractivity contribution < 1.29 is 0 Å². The minimum Gasteiger partial charge on any atom is -0.219 e. The summed E-state index contributed by atoms with van der Waals surface area (Å²) < 4.78 is 1.74. The predicted molar refractivity (Wildman–Crippen MR) is 44.9 cm³/mol. The van der Waals surface area contributed by atoms with Gasteiger partial charge in [-0.05, 0) is 5.92 Å². The number of nitrogens with zero attached hydrogens (tertiary/aromatic N) is 4. The van der Waals surface area contributed by atoms with Crippen LogP contribution in [0.25, 0.3) is 5.65 Å². The van der Waals surface area contributed by atoms with Gasteiger partial charge >= 0.3 is 0 Å². The van der Waals surface area contributed by atoms with E-state index in [4.69, 9.17) is 0 Å². The van der Waals surface area contributed by atoms with E-state index >= 15 is 0 Å². The molecule has 62 valence electrons. The van der Waals surface area contributed by atoms with Crippen molar-refractivity contribution in [3.05, 3.63) is 24.2 Å². The maximum atomic E-state index is 4.08. The van der Waals surface area contributed by atoms with Gasteiger partial charge < -0.3 is 0 Å². The van der Waals surface area contributed by atoms with Crippen molar-refractivity contribution in [2.24, 2.45) is 0 Å². The molecular weight excluding hydrogens is 152 g/mol. The summed E-state index contributed by atoms with van der Waals surface area (Å²) in [6.45, 7) is 4.17. The quantitative estimate of drug-likeness (QED) is 0.633. The molecule has 0 bridgehead atoms. The second-order valence-electron chi connectivity index (χ2n) is 3.04. The summed E-state index contributed by atoms with van der Waals surface area (Å²) in [6.07, 6.45) is 3.63. The Morgan fingerprint density at radius 1 is 1.33 bits per heavy atom. The van der Waals surface area contributed by atoms with Gasteiger partial charge in [0.15, 0.2) is 5.65 Å². The third-order valence-electron chi connectivity index (χ3n) is 1.76. The number of aromatic nitrogens is 4. The summed E-state index contributed by atoms with van der Waals surface area (Å²) in [6, 6.07) is 1.83. The molecule has 4 heteroatoms. The molecule has 0 amide bonds. The molecule has 0 aliphatic heterocycles. The molecule has 0 saturated carbocycles. The molecule has 0 aliphatic carbocycles. The Hall–Kier alpha value is -1.45. The van der Waals surface area contributed by atoms with Gasteiger partial charge in [-0.2, -0.15) is 10.2 Å². The molecule has 0 atom stereocenters. The normalized spacial score (nSPS) is 11.2. The zero-order valence-corrected chi connectivity index (χ0v) is 7.10. The van der Waals surface area contributed by atoms with Gasteiger partial charge in [-0.3, -0.25) is 0 Å². The first-order valence-corrected chi connectivity index (χ1v) is 3.94. The number of rotatable bonds is 1. The smallest absolute Gasteiger partial charge is 0.177 e. The maximum absolute atomic E-state index is 4.08. The zero-order valence-electron chi connectivity index (χ0n) is 7.10. The predicted octanol–water partition coefficient (Wildman–Crippen LogP) is 1.25. The van der Waals surface area contributed by atoms with E-state index in [1.54, 1.807) is 10.7 Å². The molecule has 2 rings (SSSR count). The minimum absolute atomic E-state index is 0.395. The second-order valence-corrected chi connectivity index (χ2v) is 3.04. The molecular formula is C8H10N4. The average Bonchev–Trinajstić information content (AvgIpc) is 2.49. The molecule has 4 nitrogen and oxygen atoms in total. The summed E-state index contributed by atoms with van der Waals surface area (Å²) in [5.41, 5.74) is 1.76. The molecule has 0 unspecified atom stereocenters. The van der Waals surface area contributed by atoms with Gasteiger partial charge in [-0.1, -0.05) is 13.8 Å². The molecule has 0 aromatic carbocycles. The van der Waals surface area contributed by atoms with Gasteiger partial charge in [0.05, 0.1) is 18.1 Å². The van der Waals surface area contributed by atoms with Crippen molar-refractivity contribution in [1.29, 1.82) is 0 Å². The van der Waals surface area contributed by atoms with Gasteiger partial charge in [0, 0.05) is 6.07 Å². The van der Waals surface area contributed by atoms with E-state index < -0.39 is 0 Å². The first kappa shape index (κ1) is 7.21. The highest BCUT2D eigenvalue weighted by molar-refractivity contribution is 5.33. The summed E-state index contributed by atoms with van der Waals surface area (Å²) in [4.78, 5) is 0. The van der Waals surface area contributed by atoms with E-state index in [-0.39, 0.29) is 0 Å². The lowest BCUT2D eigenvalue weighted by Gasteiger charge is -2.01. The summed E-state index contributed by atoms with van der Waals surface area (Å²) >= 11 is 0. The van der Waals surface area contributed by atoms with Crippen LogP contribution in [0.5, 0.6) is 0 Å². The minimum atomic E-state index is 0.395. The standard InChI is InChI=1S/C8H10N4/c1-6(2)7-5-12-8(11-10-7)3-4-9-12/h3-6H,1-2H3. The number of hydrogen-bond acceptors (Lipinski definition) is 3. The molecule has 2 aromatic heterocycles. The lowest BCUT2D eigenvalue weighted by molar-refractivity contribution is 0.752. The van der Waals surface area contributed by atoms with Crippen LogP contribution in [0.15, 0.2) is 18.5 Å². The van der Waals surface area contributed by atoms with E-state index in [2.05, 4.69) is 29.1 Å². The van der Waals surface area contributed by atoms with Crippen LogP contribution >= 0.6 is 0 Å². The fourth-order valence-corrected chi connectivity index (χ4v) is 1.01. The summed E-state index contributed by atoms with van der Waals surface area (Å²) in [7, 11) is 0. The van der Waals surface area contributed by atoms with Crippen LogP contribution in [0.1, 0.15) is 25.5 Å². The molecule has 0 spiro atoms. The Kier molecular flexibility index (Phi) is 1.53. The van der Waals surface area contributed by atoms with Crippen molar-refractivity contribution in [3.63, 3.8) is 0 Å². The summed E-state index contributed by atoms with van der Waals surface area (Å²) in [5.74, 6) is 0.395. The van der Waals surface area contributed by atoms with E-state index in [0.717, 1.165) is 11.3 Å². The first-order valence-electron chi connectivity index (χ1n) is 3.94. The highest BCUT2D eigenvalue weighted by Gasteiger charge is 2.02. The number of hydrogen-bond donors (Lipinski definition) is 0. The molecule has 0 radical (unpaired) electrons. The van der Waals surface area contributed by atoms with Crippen molar-refractivity contribution in [3.8, 4) is 0 Å². The van der Waals surface area contributed by atoms with Crippen LogP contribution in [-0.2, 0) is 0 Å². The van der Waals surface area contributed by atoms with Gasteiger partial charge in [-0.15, -0.1) is 5.10 Å². The van der Waals surface area contributed by atoms with Crippen LogP contribution in [0.3, 0.4) is 0 Å². The van der Waals surface area contributed by atoms with Crippen LogP contribution in [0.2, 0.25) is 0 Å². The maximum Gasteiger partial charge on any atom is 0.177 e. The van der Waals surface area contributed by atoms with Crippen LogP contribution in [0.4, 0.5) is 0 Å². The third kappa shape index (κ3) is 1.05. The van der Waals surface area contributed by atoms with Gasteiger partial charge in [0.25, 0.3) is 0 Å². The summed E-state index contributed by atoms with van der Waals surface area (Å²) in [5, 5.41) is 12.2. The number of fused-ring (bicyclic) bond motifs is 1. The van der Waals surface area contributed by atoms with Crippen LogP contribution in [0, 0.1) is 0 Å². The fraction of sp³-hybridized carbons (Fsp3) is 0.375. The molecule has 12 heavy (non-hydrogen) atoms. The van der Waals surface area contributed by atoms with Crippen molar-refractivity contribution in [2.75, 3.05) is 0 Å².